The predicted octanol–water partition coefficient (Wildman–Crippen LogP) is 0.0288. The van der Waals surface area contributed by atoms with E-state index in [1.54, 1.807) is 10.9 Å². The molecule has 1 aromatic rings. The van der Waals surface area contributed by atoms with Crippen molar-refractivity contribution in [3.63, 3.8) is 0 Å². The molecule has 0 aliphatic heterocycles. The fourth-order valence-electron chi connectivity index (χ4n) is 1.23. The lowest BCUT2D eigenvalue weighted by atomic mass is 10.3. The van der Waals surface area contributed by atoms with Crippen molar-refractivity contribution in [1.82, 2.24) is 20.1 Å². The zero-order valence-electron chi connectivity index (χ0n) is 9.23. The second-order valence-corrected chi connectivity index (χ2v) is 3.23. The minimum absolute atomic E-state index is 0.0820. The van der Waals surface area contributed by atoms with Gasteiger partial charge in [0, 0.05) is 13.7 Å². The quantitative estimate of drug-likeness (QED) is 0.747. The molecule has 0 aliphatic rings. The van der Waals surface area contributed by atoms with Crippen molar-refractivity contribution in [2.24, 2.45) is 7.05 Å². The van der Waals surface area contributed by atoms with Crippen molar-refractivity contribution < 1.29 is 9.53 Å². The second kappa shape index (κ2) is 5.45. The van der Waals surface area contributed by atoms with Crippen LogP contribution in [0.25, 0.3) is 0 Å². The molecule has 1 heterocycles. The zero-order chi connectivity index (χ0) is 11.3. The number of nitrogens with one attached hydrogen (secondary N) is 1. The van der Waals surface area contributed by atoms with E-state index in [1.165, 1.54) is 0 Å². The highest BCUT2D eigenvalue weighted by molar-refractivity contribution is 5.77. The standard InChI is InChI=1S/C9H16N4O2/c1-4-15-5-8(14)11-7(2)9-12-10-6-13(9)3/h6-7H,4-5H2,1-3H3,(H,11,14). The topological polar surface area (TPSA) is 69.0 Å². The molecule has 1 rings (SSSR count). The molecular formula is C9H16N4O2. The molecule has 6 heteroatoms. The monoisotopic (exact) mass is 212 g/mol. The molecule has 6 nitrogen and oxygen atoms in total. The summed E-state index contributed by atoms with van der Waals surface area (Å²) < 4.78 is 6.76. The summed E-state index contributed by atoms with van der Waals surface area (Å²) in [5.74, 6) is 0.576. The van der Waals surface area contributed by atoms with Crippen molar-refractivity contribution >= 4 is 5.91 Å². The number of aryl methyl sites for hydroxylation is 1. The maximum atomic E-state index is 11.3. The summed E-state index contributed by atoms with van der Waals surface area (Å²) in [5.41, 5.74) is 0. The van der Waals surface area contributed by atoms with Gasteiger partial charge in [0.25, 0.3) is 0 Å². The number of ether oxygens (including phenoxy) is 1. The van der Waals surface area contributed by atoms with E-state index in [0.29, 0.717) is 6.61 Å². The number of amides is 1. The van der Waals surface area contributed by atoms with Gasteiger partial charge >= 0.3 is 0 Å². The van der Waals surface area contributed by atoms with E-state index in [0.717, 1.165) is 5.82 Å². The number of carbonyl (C=O) groups is 1. The number of hydrogen-bond acceptors (Lipinski definition) is 4. The fourth-order valence-corrected chi connectivity index (χ4v) is 1.23. The van der Waals surface area contributed by atoms with Gasteiger partial charge in [-0.2, -0.15) is 0 Å². The smallest absolute Gasteiger partial charge is 0.246 e. The van der Waals surface area contributed by atoms with Gasteiger partial charge in [-0.25, -0.2) is 0 Å². The Morgan fingerprint density at radius 2 is 2.47 bits per heavy atom. The first-order valence-corrected chi connectivity index (χ1v) is 4.86. The van der Waals surface area contributed by atoms with E-state index < -0.39 is 0 Å². The minimum Gasteiger partial charge on any atom is -0.372 e. The molecule has 1 N–H and O–H groups in total. The normalized spacial score (nSPS) is 12.5. The Labute approximate surface area is 88.6 Å². The SMILES string of the molecule is CCOCC(=O)NC(C)c1nncn1C. The Balaban J connectivity index is 2.45. The highest BCUT2D eigenvalue weighted by Crippen LogP contribution is 2.06. The van der Waals surface area contributed by atoms with Crippen molar-refractivity contribution in [3.8, 4) is 0 Å². The summed E-state index contributed by atoms with van der Waals surface area (Å²) in [6, 6.07) is -0.162. The van der Waals surface area contributed by atoms with Crippen LogP contribution in [0.4, 0.5) is 0 Å². The first-order chi connectivity index (χ1) is 7.15. The molecule has 0 fully saturated rings. The summed E-state index contributed by atoms with van der Waals surface area (Å²) in [7, 11) is 1.83. The molecule has 1 amide bonds. The lowest BCUT2D eigenvalue weighted by Crippen LogP contribution is -2.31. The van der Waals surface area contributed by atoms with Crippen LogP contribution in [0.15, 0.2) is 6.33 Å². The van der Waals surface area contributed by atoms with Crippen molar-refractivity contribution in [2.45, 2.75) is 19.9 Å². The fraction of sp³-hybridized carbons (Fsp3) is 0.667. The van der Waals surface area contributed by atoms with Gasteiger partial charge in [0.2, 0.25) is 5.91 Å². The second-order valence-electron chi connectivity index (χ2n) is 3.23. The van der Waals surface area contributed by atoms with Gasteiger partial charge in [0.1, 0.15) is 12.9 Å². The third kappa shape index (κ3) is 3.32. The number of hydrogen-bond donors (Lipinski definition) is 1. The van der Waals surface area contributed by atoms with Gasteiger partial charge in [-0.05, 0) is 13.8 Å². The van der Waals surface area contributed by atoms with Crippen LogP contribution >= 0.6 is 0 Å². The number of nitrogens with zero attached hydrogens (tertiary/aromatic N) is 3. The van der Waals surface area contributed by atoms with E-state index in [-0.39, 0.29) is 18.6 Å². The van der Waals surface area contributed by atoms with Crippen LogP contribution in [-0.4, -0.2) is 33.9 Å². The summed E-state index contributed by atoms with van der Waals surface area (Å²) in [6.07, 6.45) is 1.60. The van der Waals surface area contributed by atoms with E-state index in [2.05, 4.69) is 15.5 Å². The van der Waals surface area contributed by atoms with Crippen molar-refractivity contribution in [2.75, 3.05) is 13.2 Å². The highest BCUT2D eigenvalue weighted by Gasteiger charge is 2.13. The number of carbonyl (C=O) groups excluding carboxylic acids is 1. The maximum absolute atomic E-state index is 11.3. The van der Waals surface area contributed by atoms with Crippen LogP contribution in [0.2, 0.25) is 0 Å². The Morgan fingerprint density at radius 1 is 1.73 bits per heavy atom. The number of rotatable bonds is 5. The summed E-state index contributed by atoms with van der Waals surface area (Å²) in [5, 5.41) is 10.4. The Kier molecular flexibility index (Phi) is 4.23. The van der Waals surface area contributed by atoms with Crippen LogP contribution in [0, 0.1) is 0 Å². The summed E-state index contributed by atoms with van der Waals surface area (Å²) in [6.45, 7) is 4.32. The number of aromatic nitrogens is 3. The van der Waals surface area contributed by atoms with Crippen LogP contribution in [0.3, 0.4) is 0 Å². The van der Waals surface area contributed by atoms with Crippen molar-refractivity contribution in [3.05, 3.63) is 12.2 Å². The van der Waals surface area contributed by atoms with Crippen LogP contribution < -0.4 is 5.32 Å². The van der Waals surface area contributed by atoms with Crippen LogP contribution in [0.5, 0.6) is 0 Å². The molecule has 0 bridgehead atoms. The first-order valence-electron chi connectivity index (χ1n) is 4.86. The average Bonchev–Trinajstić information content (AvgIpc) is 2.61. The lowest BCUT2D eigenvalue weighted by molar-refractivity contribution is -0.126. The van der Waals surface area contributed by atoms with Crippen LogP contribution in [0.1, 0.15) is 25.7 Å². The Bertz CT molecular complexity index is 324. The van der Waals surface area contributed by atoms with Gasteiger partial charge < -0.3 is 14.6 Å². The van der Waals surface area contributed by atoms with Crippen molar-refractivity contribution in [1.29, 1.82) is 0 Å². The zero-order valence-corrected chi connectivity index (χ0v) is 9.23. The predicted molar refractivity (Wildman–Crippen MR) is 54.1 cm³/mol. The first kappa shape index (κ1) is 11.6. The largest absolute Gasteiger partial charge is 0.372 e. The molecule has 0 spiro atoms. The summed E-state index contributed by atoms with van der Waals surface area (Å²) in [4.78, 5) is 11.3. The average molecular weight is 212 g/mol. The molecule has 0 aliphatic carbocycles. The van der Waals surface area contributed by atoms with Gasteiger partial charge in [0.15, 0.2) is 5.82 Å². The van der Waals surface area contributed by atoms with Crippen LogP contribution in [-0.2, 0) is 16.6 Å². The highest BCUT2D eigenvalue weighted by atomic mass is 16.5. The van der Waals surface area contributed by atoms with E-state index in [9.17, 15) is 4.79 Å². The molecule has 84 valence electrons. The molecule has 0 aromatic carbocycles. The van der Waals surface area contributed by atoms with Gasteiger partial charge in [-0.15, -0.1) is 10.2 Å². The lowest BCUT2D eigenvalue weighted by Gasteiger charge is -2.12. The minimum atomic E-state index is -0.162. The molecule has 0 radical (unpaired) electrons. The molecule has 1 atom stereocenters. The third-order valence-corrected chi connectivity index (χ3v) is 1.95. The molecule has 15 heavy (non-hydrogen) atoms. The molecule has 1 aromatic heterocycles. The third-order valence-electron chi connectivity index (χ3n) is 1.95. The molecular weight excluding hydrogens is 196 g/mol. The Morgan fingerprint density at radius 3 is 3.00 bits per heavy atom. The van der Waals surface area contributed by atoms with E-state index in [1.807, 2.05) is 20.9 Å². The summed E-state index contributed by atoms with van der Waals surface area (Å²) >= 11 is 0. The maximum Gasteiger partial charge on any atom is 0.246 e. The molecule has 0 saturated carbocycles. The Hall–Kier alpha value is -1.43. The van der Waals surface area contributed by atoms with Gasteiger partial charge in [-0.1, -0.05) is 0 Å². The van der Waals surface area contributed by atoms with Gasteiger partial charge in [-0.3, -0.25) is 4.79 Å². The molecule has 0 saturated heterocycles. The van der Waals surface area contributed by atoms with Gasteiger partial charge in [0.05, 0.1) is 6.04 Å². The van der Waals surface area contributed by atoms with E-state index in [4.69, 9.17) is 4.74 Å². The molecule has 1 unspecified atom stereocenters. The van der Waals surface area contributed by atoms with E-state index >= 15 is 0 Å².